The molecule has 0 atom stereocenters. The van der Waals surface area contributed by atoms with E-state index in [2.05, 4.69) is 9.88 Å². The van der Waals surface area contributed by atoms with E-state index < -0.39 is 11.5 Å². The average Bonchev–Trinajstić information content (AvgIpc) is 3.30. The molecule has 6 nitrogen and oxygen atoms in total. The van der Waals surface area contributed by atoms with Crippen LogP contribution in [0.3, 0.4) is 0 Å². The van der Waals surface area contributed by atoms with Crippen LogP contribution in [0.4, 0.5) is 0 Å². The Morgan fingerprint density at radius 1 is 1.03 bits per heavy atom. The zero-order valence-corrected chi connectivity index (χ0v) is 16.3. The highest BCUT2D eigenvalue weighted by Gasteiger charge is 2.37. The van der Waals surface area contributed by atoms with Crippen LogP contribution >= 0.6 is 0 Å². The maximum absolute atomic E-state index is 12.7. The first kappa shape index (κ1) is 19.2. The van der Waals surface area contributed by atoms with Gasteiger partial charge in [-0.2, -0.15) is 0 Å². The summed E-state index contributed by atoms with van der Waals surface area (Å²) in [6, 6.07) is 17.9. The molecule has 2 aromatic carbocycles. The highest BCUT2D eigenvalue weighted by Crippen LogP contribution is 2.33. The number of carboxylic acids is 1. The number of amides is 1. The van der Waals surface area contributed by atoms with Gasteiger partial charge in [0.2, 0.25) is 5.91 Å². The largest absolute Gasteiger partial charge is 0.481 e. The molecule has 1 aliphatic carbocycles. The van der Waals surface area contributed by atoms with E-state index in [1.165, 1.54) is 0 Å². The second kappa shape index (κ2) is 8.07. The topological polar surface area (TPSA) is 84.2 Å². The van der Waals surface area contributed by atoms with E-state index in [0.29, 0.717) is 6.42 Å². The zero-order valence-electron chi connectivity index (χ0n) is 16.3. The molecule has 150 valence electrons. The number of carbonyl (C=O) groups excluding carboxylic acids is 1. The molecule has 0 saturated heterocycles. The predicted octanol–water partition coefficient (Wildman–Crippen LogP) is 3.86. The summed E-state index contributed by atoms with van der Waals surface area (Å²) >= 11 is 0. The van der Waals surface area contributed by atoms with Gasteiger partial charge in [0.25, 0.3) is 0 Å². The zero-order chi connectivity index (χ0) is 20.3. The van der Waals surface area contributed by atoms with Crippen LogP contribution in [0.1, 0.15) is 44.3 Å². The number of aliphatic carboxylic acids is 1. The van der Waals surface area contributed by atoms with Crippen LogP contribution < -0.4 is 5.32 Å². The van der Waals surface area contributed by atoms with Gasteiger partial charge in [-0.15, -0.1) is 0 Å². The molecule has 29 heavy (non-hydrogen) atoms. The number of imidazole rings is 1. The van der Waals surface area contributed by atoms with E-state index >= 15 is 0 Å². The summed E-state index contributed by atoms with van der Waals surface area (Å²) in [7, 11) is 0. The standard InChI is InChI=1S/C23H25N3O3/c27-21(25-23(16-22(28)29)14-6-7-15-23)13-12-20-24-18-10-4-5-11-19(18)26(20)17-8-2-1-3-9-17/h1-5,8-11H,6-7,12-16H2,(H,25,27)(H,28,29). The van der Waals surface area contributed by atoms with Crippen molar-refractivity contribution in [3.8, 4) is 5.69 Å². The van der Waals surface area contributed by atoms with Crippen molar-refractivity contribution < 1.29 is 14.7 Å². The summed E-state index contributed by atoms with van der Waals surface area (Å²) in [6.07, 6.45) is 4.12. The molecule has 1 heterocycles. The first-order valence-corrected chi connectivity index (χ1v) is 10.1. The normalized spacial score (nSPS) is 15.4. The molecule has 0 radical (unpaired) electrons. The second-order valence-corrected chi connectivity index (χ2v) is 7.79. The summed E-state index contributed by atoms with van der Waals surface area (Å²) in [6.45, 7) is 0. The number of benzene rings is 2. The molecule has 6 heteroatoms. The lowest BCUT2D eigenvalue weighted by Crippen LogP contribution is -2.47. The van der Waals surface area contributed by atoms with Crippen LogP contribution in [-0.2, 0) is 16.0 Å². The van der Waals surface area contributed by atoms with Gasteiger partial charge in [0.1, 0.15) is 5.82 Å². The minimum Gasteiger partial charge on any atom is -0.481 e. The van der Waals surface area contributed by atoms with Crippen molar-refractivity contribution >= 4 is 22.9 Å². The van der Waals surface area contributed by atoms with Crippen LogP contribution in [0.15, 0.2) is 54.6 Å². The minimum absolute atomic E-state index is 0.0126. The Bertz CT molecular complexity index is 1020. The van der Waals surface area contributed by atoms with E-state index in [4.69, 9.17) is 4.98 Å². The Balaban J connectivity index is 1.54. The van der Waals surface area contributed by atoms with Crippen molar-refractivity contribution in [1.82, 2.24) is 14.9 Å². The van der Waals surface area contributed by atoms with Crippen molar-refractivity contribution in [2.75, 3.05) is 0 Å². The first-order chi connectivity index (χ1) is 14.1. The van der Waals surface area contributed by atoms with E-state index in [1.807, 2.05) is 54.6 Å². The maximum Gasteiger partial charge on any atom is 0.305 e. The van der Waals surface area contributed by atoms with E-state index in [0.717, 1.165) is 48.2 Å². The van der Waals surface area contributed by atoms with Gasteiger partial charge in [0.15, 0.2) is 0 Å². The van der Waals surface area contributed by atoms with Crippen molar-refractivity contribution in [3.63, 3.8) is 0 Å². The third kappa shape index (κ3) is 4.16. The number of carbonyl (C=O) groups is 2. The van der Waals surface area contributed by atoms with Crippen LogP contribution in [0.5, 0.6) is 0 Å². The molecule has 1 aliphatic rings. The number of carboxylic acid groups (broad SMARTS) is 1. The summed E-state index contributed by atoms with van der Waals surface area (Å²) < 4.78 is 2.09. The molecule has 1 fully saturated rings. The lowest BCUT2D eigenvalue weighted by Gasteiger charge is -2.28. The molecule has 0 unspecified atom stereocenters. The fourth-order valence-corrected chi connectivity index (χ4v) is 4.38. The molecule has 3 aromatic rings. The molecule has 1 saturated carbocycles. The van der Waals surface area contributed by atoms with E-state index in [-0.39, 0.29) is 18.7 Å². The first-order valence-electron chi connectivity index (χ1n) is 10.1. The Hall–Kier alpha value is -3.15. The highest BCUT2D eigenvalue weighted by atomic mass is 16.4. The Kier molecular flexibility index (Phi) is 5.34. The Morgan fingerprint density at radius 3 is 2.45 bits per heavy atom. The number of aromatic nitrogens is 2. The van der Waals surface area contributed by atoms with Crippen molar-refractivity contribution in [1.29, 1.82) is 0 Å². The quantitative estimate of drug-likeness (QED) is 0.640. The second-order valence-electron chi connectivity index (χ2n) is 7.79. The van der Waals surface area contributed by atoms with E-state index in [1.54, 1.807) is 0 Å². The number of hydrogen-bond donors (Lipinski definition) is 2. The molecule has 1 amide bonds. The van der Waals surface area contributed by atoms with Gasteiger partial charge in [0.05, 0.1) is 23.0 Å². The van der Waals surface area contributed by atoms with Gasteiger partial charge in [0, 0.05) is 18.5 Å². The number of rotatable bonds is 7. The van der Waals surface area contributed by atoms with Gasteiger partial charge in [-0.05, 0) is 37.1 Å². The van der Waals surface area contributed by atoms with Gasteiger partial charge in [-0.25, -0.2) is 4.98 Å². The molecular formula is C23H25N3O3. The lowest BCUT2D eigenvalue weighted by molar-refractivity contribution is -0.139. The lowest BCUT2D eigenvalue weighted by atomic mass is 9.93. The Labute approximate surface area is 169 Å². The predicted molar refractivity (Wildman–Crippen MR) is 111 cm³/mol. The summed E-state index contributed by atoms with van der Waals surface area (Å²) in [5.41, 5.74) is 2.31. The number of aryl methyl sites for hydroxylation is 1. The molecule has 4 rings (SSSR count). The monoisotopic (exact) mass is 391 g/mol. The van der Waals surface area contributed by atoms with E-state index in [9.17, 15) is 14.7 Å². The summed E-state index contributed by atoms with van der Waals surface area (Å²) in [5, 5.41) is 12.3. The van der Waals surface area contributed by atoms with Crippen molar-refractivity contribution in [2.24, 2.45) is 0 Å². The molecule has 2 N–H and O–H groups in total. The maximum atomic E-state index is 12.7. The molecular weight excluding hydrogens is 366 g/mol. The van der Waals surface area contributed by atoms with Gasteiger partial charge in [-0.3, -0.25) is 14.2 Å². The van der Waals surface area contributed by atoms with Crippen molar-refractivity contribution in [3.05, 3.63) is 60.4 Å². The van der Waals surface area contributed by atoms with Crippen LogP contribution in [0.2, 0.25) is 0 Å². The number of fused-ring (bicyclic) bond motifs is 1. The SMILES string of the molecule is O=C(O)CC1(NC(=O)CCc2nc3ccccc3n2-c2ccccc2)CCCC1. The third-order valence-corrected chi connectivity index (χ3v) is 5.68. The third-order valence-electron chi connectivity index (χ3n) is 5.68. The summed E-state index contributed by atoms with van der Waals surface area (Å²) in [5.74, 6) is -0.149. The van der Waals surface area contributed by atoms with Crippen LogP contribution in [-0.4, -0.2) is 32.1 Å². The molecule has 0 aliphatic heterocycles. The molecule has 1 aromatic heterocycles. The van der Waals surface area contributed by atoms with Crippen LogP contribution in [0.25, 0.3) is 16.7 Å². The number of hydrogen-bond acceptors (Lipinski definition) is 3. The van der Waals surface area contributed by atoms with Gasteiger partial charge < -0.3 is 10.4 Å². The van der Waals surface area contributed by atoms with Gasteiger partial charge in [-0.1, -0.05) is 43.2 Å². The Morgan fingerprint density at radius 2 is 1.72 bits per heavy atom. The summed E-state index contributed by atoms with van der Waals surface area (Å²) in [4.78, 5) is 28.7. The minimum atomic E-state index is -0.863. The number of para-hydroxylation sites is 3. The number of nitrogens with one attached hydrogen (secondary N) is 1. The molecule has 0 bridgehead atoms. The fraction of sp³-hybridized carbons (Fsp3) is 0.348. The van der Waals surface area contributed by atoms with Crippen molar-refractivity contribution in [2.45, 2.75) is 50.5 Å². The average molecular weight is 391 g/mol. The molecule has 0 spiro atoms. The highest BCUT2D eigenvalue weighted by molar-refractivity contribution is 5.80. The smallest absolute Gasteiger partial charge is 0.305 e. The number of nitrogens with zero attached hydrogens (tertiary/aromatic N) is 2. The van der Waals surface area contributed by atoms with Crippen LogP contribution in [0, 0.1) is 0 Å². The fourth-order valence-electron chi connectivity index (χ4n) is 4.38. The van der Waals surface area contributed by atoms with Gasteiger partial charge >= 0.3 is 5.97 Å².